The van der Waals surface area contributed by atoms with Crippen molar-refractivity contribution in [2.75, 3.05) is 6.54 Å². The molecule has 1 unspecified atom stereocenters. The largest absolute Gasteiger partial charge is 0.506 e. The van der Waals surface area contributed by atoms with Crippen molar-refractivity contribution in [3.05, 3.63) is 28.0 Å². The van der Waals surface area contributed by atoms with E-state index in [4.69, 9.17) is 17.3 Å². The second kappa shape index (κ2) is 4.79. The van der Waals surface area contributed by atoms with Crippen molar-refractivity contribution in [2.45, 2.75) is 19.4 Å². The van der Waals surface area contributed by atoms with Gasteiger partial charge in [-0.05, 0) is 31.5 Å². The van der Waals surface area contributed by atoms with Crippen LogP contribution in [0.1, 0.15) is 23.7 Å². The lowest BCUT2D eigenvalue weighted by molar-refractivity contribution is 0.165. The number of nitrogens with two attached hydrogens (primary N) is 1. The van der Waals surface area contributed by atoms with Crippen molar-refractivity contribution < 1.29 is 14.6 Å². The van der Waals surface area contributed by atoms with Crippen LogP contribution in [0.4, 0.5) is 4.39 Å². The van der Waals surface area contributed by atoms with Crippen LogP contribution >= 0.6 is 11.6 Å². The maximum absolute atomic E-state index is 13.3. The Balaban J connectivity index is 3.26. The molecule has 84 valence electrons. The van der Waals surface area contributed by atoms with Crippen molar-refractivity contribution in [2.24, 2.45) is 5.73 Å². The third kappa shape index (κ3) is 2.40. The number of hydrogen-bond acceptors (Lipinski definition) is 3. The Kier molecular flexibility index (Phi) is 3.90. The minimum absolute atomic E-state index is 0.107. The van der Waals surface area contributed by atoms with Crippen LogP contribution < -0.4 is 5.73 Å². The molecule has 0 saturated heterocycles. The van der Waals surface area contributed by atoms with Crippen molar-refractivity contribution in [3.8, 4) is 5.75 Å². The third-order valence-corrected chi connectivity index (χ3v) is 2.56. The predicted molar refractivity (Wildman–Crippen MR) is 56.4 cm³/mol. The van der Waals surface area contributed by atoms with Crippen LogP contribution in [0.2, 0.25) is 5.02 Å². The molecule has 0 saturated carbocycles. The Hall–Kier alpha value is -0.840. The van der Waals surface area contributed by atoms with Gasteiger partial charge in [-0.3, -0.25) is 0 Å². The average molecular weight is 234 g/mol. The van der Waals surface area contributed by atoms with E-state index in [1.54, 1.807) is 0 Å². The smallest absolute Gasteiger partial charge is 0.140 e. The summed E-state index contributed by atoms with van der Waals surface area (Å²) < 4.78 is 13.3. The zero-order valence-corrected chi connectivity index (χ0v) is 9.05. The van der Waals surface area contributed by atoms with Crippen LogP contribution in [0.25, 0.3) is 0 Å². The van der Waals surface area contributed by atoms with Crippen LogP contribution in [0.15, 0.2) is 6.07 Å². The maximum Gasteiger partial charge on any atom is 0.140 e. The van der Waals surface area contributed by atoms with E-state index in [2.05, 4.69) is 0 Å². The second-order valence-corrected chi connectivity index (χ2v) is 3.73. The lowest BCUT2D eigenvalue weighted by atomic mass is 9.99. The number of phenols is 1. The fourth-order valence-electron chi connectivity index (χ4n) is 1.43. The highest BCUT2D eigenvalue weighted by atomic mass is 35.5. The molecule has 15 heavy (non-hydrogen) atoms. The quantitative estimate of drug-likeness (QED) is 0.747. The lowest BCUT2D eigenvalue weighted by Crippen LogP contribution is -2.09. The summed E-state index contributed by atoms with van der Waals surface area (Å²) in [4.78, 5) is 0. The molecular formula is C10H13ClFNO2. The number of phenolic OH excluding ortho intramolecular Hbond substituents is 1. The van der Waals surface area contributed by atoms with E-state index in [0.29, 0.717) is 0 Å². The molecule has 5 heteroatoms. The number of hydrogen-bond donors (Lipinski definition) is 3. The van der Waals surface area contributed by atoms with Crippen molar-refractivity contribution in [3.63, 3.8) is 0 Å². The van der Waals surface area contributed by atoms with Gasteiger partial charge in [0.2, 0.25) is 0 Å². The highest BCUT2D eigenvalue weighted by Crippen LogP contribution is 2.36. The zero-order valence-electron chi connectivity index (χ0n) is 8.30. The maximum atomic E-state index is 13.3. The molecule has 4 N–H and O–H groups in total. The summed E-state index contributed by atoms with van der Waals surface area (Å²) in [7, 11) is 0. The fraction of sp³-hybridized carbons (Fsp3) is 0.400. The Bertz CT molecular complexity index is 345. The molecule has 1 rings (SSSR count). The molecule has 0 radical (unpaired) electrons. The van der Waals surface area contributed by atoms with Crippen LogP contribution in [-0.4, -0.2) is 16.8 Å². The Morgan fingerprint density at radius 1 is 1.60 bits per heavy atom. The third-order valence-electron chi connectivity index (χ3n) is 2.27. The standard InChI is InChI=1S/C10H13ClFNO2/c1-5-7(12)4-6(11)10(15)9(5)8(14)2-3-13/h4,8,14-15H,2-3,13H2,1H3. The van der Waals surface area contributed by atoms with E-state index in [1.165, 1.54) is 6.92 Å². The summed E-state index contributed by atoms with van der Waals surface area (Å²) in [5.74, 6) is -0.833. The SMILES string of the molecule is Cc1c(F)cc(Cl)c(O)c1C(O)CCN. The fourth-order valence-corrected chi connectivity index (χ4v) is 1.63. The first kappa shape index (κ1) is 12.2. The van der Waals surface area contributed by atoms with Crippen LogP contribution in [0.5, 0.6) is 5.75 Å². The monoisotopic (exact) mass is 233 g/mol. The minimum Gasteiger partial charge on any atom is -0.506 e. The number of aliphatic hydroxyl groups is 1. The van der Waals surface area contributed by atoms with Gasteiger partial charge in [-0.25, -0.2) is 4.39 Å². The molecule has 0 aliphatic rings. The molecule has 0 heterocycles. The van der Waals surface area contributed by atoms with Gasteiger partial charge in [0.25, 0.3) is 0 Å². The summed E-state index contributed by atoms with van der Waals surface area (Å²) in [6, 6.07) is 1.02. The molecule has 0 bridgehead atoms. The lowest BCUT2D eigenvalue weighted by Gasteiger charge is -2.16. The summed E-state index contributed by atoms with van der Waals surface area (Å²) in [6.45, 7) is 1.72. The first-order valence-electron chi connectivity index (χ1n) is 4.54. The van der Waals surface area contributed by atoms with Crippen LogP contribution in [-0.2, 0) is 0 Å². The van der Waals surface area contributed by atoms with Crippen molar-refractivity contribution in [1.82, 2.24) is 0 Å². The number of aromatic hydroxyl groups is 1. The van der Waals surface area contributed by atoms with Gasteiger partial charge < -0.3 is 15.9 Å². The van der Waals surface area contributed by atoms with Gasteiger partial charge in [0.15, 0.2) is 0 Å². The highest BCUT2D eigenvalue weighted by Gasteiger charge is 2.19. The van der Waals surface area contributed by atoms with Crippen LogP contribution in [0.3, 0.4) is 0 Å². The van der Waals surface area contributed by atoms with E-state index in [1.807, 2.05) is 0 Å². The van der Waals surface area contributed by atoms with E-state index in [9.17, 15) is 14.6 Å². The molecule has 0 spiro atoms. The van der Waals surface area contributed by atoms with E-state index < -0.39 is 11.9 Å². The molecule has 1 aromatic rings. The first-order chi connectivity index (χ1) is 6.99. The molecule has 0 aliphatic carbocycles. The summed E-state index contributed by atoms with van der Waals surface area (Å²) >= 11 is 5.60. The average Bonchev–Trinajstić information content (AvgIpc) is 2.16. The van der Waals surface area contributed by atoms with E-state index in [0.717, 1.165) is 6.07 Å². The van der Waals surface area contributed by atoms with Gasteiger partial charge in [-0.15, -0.1) is 0 Å². The number of halogens is 2. The van der Waals surface area contributed by atoms with Gasteiger partial charge >= 0.3 is 0 Å². The molecule has 3 nitrogen and oxygen atoms in total. The molecule has 1 atom stereocenters. The second-order valence-electron chi connectivity index (χ2n) is 3.32. The van der Waals surface area contributed by atoms with E-state index in [-0.39, 0.29) is 34.9 Å². The number of rotatable bonds is 3. The minimum atomic E-state index is -0.997. The van der Waals surface area contributed by atoms with Gasteiger partial charge in [-0.1, -0.05) is 11.6 Å². The van der Waals surface area contributed by atoms with Crippen molar-refractivity contribution >= 4 is 11.6 Å². The molecule has 0 aromatic heterocycles. The molecule has 1 aromatic carbocycles. The van der Waals surface area contributed by atoms with E-state index >= 15 is 0 Å². The zero-order chi connectivity index (χ0) is 11.6. The van der Waals surface area contributed by atoms with Crippen molar-refractivity contribution in [1.29, 1.82) is 0 Å². The molecule has 0 amide bonds. The summed E-state index contributed by atoms with van der Waals surface area (Å²) in [5.41, 5.74) is 5.58. The highest BCUT2D eigenvalue weighted by molar-refractivity contribution is 6.32. The summed E-state index contributed by atoms with van der Waals surface area (Å²) in [6.07, 6.45) is -0.753. The van der Waals surface area contributed by atoms with Gasteiger partial charge in [0.05, 0.1) is 11.1 Å². The Morgan fingerprint density at radius 2 is 2.20 bits per heavy atom. The molecule has 0 aliphatic heterocycles. The number of aliphatic hydroxyl groups excluding tert-OH is 1. The predicted octanol–water partition coefficient (Wildman–Crippen LogP) is 1.88. The number of benzene rings is 1. The summed E-state index contributed by atoms with van der Waals surface area (Å²) in [5, 5.41) is 19.2. The van der Waals surface area contributed by atoms with Gasteiger partial charge in [0, 0.05) is 5.56 Å². The molecule has 0 fully saturated rings. The topological polar surface area (TPSA) is 66.5 Å². The van der Waals surface area contributed by atoms with Gasteiger partial charge in [-0.2, -0.15) is 0 Å². The molecular weight excluding hydrogens is 221 g/mol. The Morgan fingerprint density at radius 3 is 2.73 bits per heavy atom. The van der Waals surface area contributed by atoms with Crippen LogP contribution in [0, 0.1) is 12.7 Å². The first-order valence-corrected chi connectivity index (χ1v) is 4.92. The van der Waals surface area contributed by atoms with Gasteiger partial charge in [0.1, 0.15) is 11.6 Å². The normalized spacial score (nSPS) is 12.9. The Labute approximate surface area is 92.3 Å².